The Morgan fingerprint density at radius 1 is 1.21 bits per heavy atom. The molecule has 0 saturated carbocycles. The summed E-state index contributed by atoms with van der Waals surface area (Å²) in [4.78, 5) is 3.99. The van der Waals surface area contributed by atoms with Gasteiger partial charge in [0.15, 0.2) is 0 Å². The number of hydrogen-bond donors (Lipinski definition) is 1. The highest BCUT2D eigenvalue weighted by Crippen LogP contribution is 2.37. The largest absolute Gasteiger partial charge is 0.487 e. The van der Waals surface area contributed by atoms with Crippen molar-refractivity contribution in [3.05, 3.63) is 28.8 Å². The van der Waals surface area contributed by atoms with E-state index in [0.29, 0.717) is 11.0 Å². The van der Waals surface area contributed by atoms with E-state index in [1.807, 2.05) is 45.8 Å². The van der Waals surface area contributed by atoms with Gasteiger partial charge in [-0.2, -0.15) is 0 Å². The highest BCUT2D eigenvalue weighted by molar-refractivity contribution is 6.52. The summed E-state index contributed by atoms with van der Waals surface area (Å²) < 4.78 is 11.7. The molecule has 2 N–H and O–H groups in total. The number of aromatic nitrogens is 1. The minimum absolute atomic E-state index is 0.342. The molecule has 2 heterocycles. The fourth-order valence-electron chi connectivity index (χ4n) is 1.73. The molecule has 4 nitrogen and oxygen atoms in total. The van der Waals surface area contributed by atoms with Crippen LogP contribution in [0.5, 0.6) is 0 Å². The number of rotatable bonds is 2. The molecule has 0 bridgehead atoms. The molecule has 1 aliphatic heterocycles. The van der Waals surface area contributed by atoms with Crippen molar-refractivity contribution in [1.29, 1.82) is 0 Å². The van der Waals surface area contributed by atoms with Gasteiger partial charge in [0.05, 0.1) is 11.2 Å². The number of pyridine rings is 1. The van der Waals surface area contributed by atoms with Crippen molar-refractivity contribution in [2.45, 2.75) is 38.9 Å². The fraction of sp³-hybridized carbons (Fsp3) is 0.462. The Kier molecular flexibility index (Phi) is 3.64. The van der Waals surface area contributed by atoms with Crippen molar-refractivity contribution < 1.29 is 9.31 Å². The lowest BCUT2D eigenvalue weighted by Gasteiger charge is -2.32. The number of nitrogens with zero attached hydrogens (tertiary/aromatic N) is 1. The molecule has 1 saturated heterocycles. The normalized spacial score (nSPS) is 21.2. The zero-order valence-electron chi connectivity index (χ0n) is 11.6. The van der Waals surface area contributed by atoms with E-state index in [1.54, 1.807) is 6.07 Å². The molecule has 1 aromatic rings. The van der Waals surface area contributed by atoms with Crippen molar-refractivity contribution in [2.75, 3.05) is 5.73 Å². The second-order valence-corrected chi connectivity index (χ2v) is 5.96. The predicted octanol–water partition coefficient (Wildman–Crippen LogP) is 2.96. The van der Waals surface area contributed by atoms with Gasteiger partial charge in [0.25, 0.3) is 0 Å². The van der Waals surface area contributed by atoms with Crippen LogP contribution in [0.3, 0.4) is 0 Å². The van der Waals surface area contributed by atoms with Gasteiger partial charge >= 0.3 is 7.12 Å². The van der Waals surface area contributed by atoms with Gasteiger partial charge in [-0.05, 0) is 39.8 Å². The number of anilines is 1. The van der Waals surface area contributed by atoms with Gasteiger partial charge in [-0.3, -0.25) is 0 Å². The third-order valence-electron chi connectivity index (χ3n) is 3.60. The van der Waals surface area contributed by atoms with Gasteiger partial charge in [0, 0.05) is 5.56 Å². The van der Waals surface area contributed by atoms with Crippen LogP contribution in [-0.4, -0.2) is 23.3 Å². The summed E-state index contributed by atoms with van der Waals surface area (Å²) in [6, 6.07) is 3.52. The zero-order valence-corrected chi connectivity index (χ0v) is 12.4. The highest BCUT2D eigenvalue weighted by atomic mass is 35.5. The summed E-state index contributed by atoms with van der Waals surface area (Å²) in [6.45, 7) is 8.05. The molecule has 6 heteroatoms. The van der Waals surface area contributed by atoms with Gasteiger partial charge in [-0.15, -0.1) is 0 Å². The van der Waals surface area contributed by atoms with Crippen LogP contribution in [0.1, 0.15) is 33.3 Å². The minimum atomic E-state index is -0.390. The SMILES string of the molecule is CC1(C)OB(/C=C/c2ccc(N)nc2Cl)OC1(C)C. The Balaban J connectivity index is 2.13. The number of nitrogen functional groups attached to an aromatic ring is 1. The third-order valence-corrected chi connectivity index (χ3v) is 3.91. The van der Waals surface area contributed by atoms with Crippen LogP contribution in [0.2, 0.25) is 5.15 Å². The van der Waals surface area contributed by atoms with Crippen molar-refractivity contribution in [3.8, 4) is 0 Å². The molecule has 19 heavy (non-hydrogen) atoms. The Hall–Kier alpha value is -1.04. The lowest BCUT2D eigenvalue weighted by atomic mass is 9.89. The van der Waals surface area contributed by atoms with E-state index in [4.69, 9.17) is 26.6 Å². The fourth-order valence-corrected chi connectivity index (χ4v) is 1.96. The quantitative estimate of drug-likeness (QED) is 0.668. The van der Waals surface area contributed by atoms with Crippen molar-refractivity contribution in [1.82, 2.24) is 4.98 Å². The summed E-state index contributed by atoms with van der Waals surface area (Å²) >= 11 is 6.00. The minimum Gasteiger partial charge on any atom is -0.400 e. The number of halogens is 1. The molecule has 0 amide bonds. The molecular weight excluding hydrogens is 262 g/mol. The first-order chi connectivity index (χ1) is 8.71. The Bertz CT molecular complexity index is 501. The molecule has 0 unspecified atom stereocenters. The lowest BCUT2D eigenvalue weighted by Crippen LogP contribution is -2.41. The molecular formula is C13H18BClN2O2. The second kappa shape index (κ2) is 4.82. The molecule has 0 spiro atoms. The topological polar surface area (TPSA) is 57.4 Å². The molecule has 1 fully saturated rings. The number of hydrogen-bond acceptors (Lipinski definition) is 4. The standard InChI is InChI=1S/C13H18BClN2O2/c1-12(2)13(3,4)19-14(18-12)8-7-9-5-6-10(16)17-11(9)15/h5-8H,1-4H3,(H2,16,17)/b8-7+. The van der Waals surface area contributed by atoms with Gasteiger partial charge in [0.1, 0.15) is 11.0 Å². The van der Waals surface area contributed by atoms with E-state index in [1.165, 1.54) is 0 Å². The molecule has 2 rings (SSSR count). The smallest absolute Gasteiger partial charge is 0.400 e. The third kappa shape index (κ3) is 2.94. The molecule has 0 aliphatic carbocycles. The maximum absolute atomic E-state index is 6.00. The molecule has 0 radical (unpaired) electrons. The van der Waals surface area contributed by atoms with E-state index in [0.717, 1.165) is 5.56 Å². The van der Waals surface area contributed by atoms with Crippen LogP contribution < -0.4 is 5.73 Å². The summed E-state index contributed by atoms with van der Waals surface area (Å²) in [6.07, 6.45) is 1.83. The van der Waals surface area contributed by atoms with Crippen LogP contribution in [0.4, 0.5) is 5.82 Å². The zero-order chi connectivity index (χ0) is 14.3. The van der Waals surface area contributed by atoms with Crippen LogP contribution in [0.15, 0.2) is 18.1 Å². The van der Waals surface area contributed by atoms with E-state index < -0.39 is 7.12 Å². The lowest BCUT2D eigenvalue weighted by molar-refractivity contribution is 0.00578. The van der Waals surface area contributed by atoms with E-state index in [-0.39, 0.29) is 11.2 Å². The second-order valence-electron chi connectivity index (χ2n) is 5.60. The van der Waals surface area contributed by atoms with E-state index >= 15 is 0 Å². The van der Waals surface area contributed by atoms with Crippen LogP contribution in [-0.2, 0) is 9.31 Å². The molecule has 1 aromatic heterocycles. The highest BCUT2D eigenvalue weighted by Gasteiger charge is 2.49. The number of nitrogens with two attached hydrogens (primary N) is 1. The molecule has 1 aliphatic rings. The van der Waals surface area contributed by atoms with E-state index in [9.17, 15) is 0 Å². The first kappa shape index (κ1) is 14.4. The van der Waals surface area contributed by atoms with Crippen molar-refractivity contribution >= 4 is 30.6 Å². The van der Waals surface area contributed by atoms with Gasteiger partial charge < -0.3 is 15.0 Å². The predicted molar refractivity (Wildman–Crippen MR) is 78.8 cm³/mol. The molecule has 102 valence electrons. The Morgan fingerprint density at radius 3 is 2.32 bits per heavy atom. The molecule has 0 atom stereocenters. The monoisotopic (exact) mass is 280 g/mol. The first-order valence-electron chi connectivity index (χ1n) is 6.17. The van der Waals surface area contributed by atoms with Crippen LogP contribution in [0.25, 0.3) is 6.08 Å². The molecule has 0 aromatic carbocycles. The van der Waals surface area contributed by atoms with Gasteiger partial charge in [0.2, 0.25) is 0 Å². The summed E-state index contributed by atoms with van der Waals surface area (Å²) in [5.41, 5.74) is 5.65. The van der Waals surface area contributed by atoms with Gasteiger partial charge in [-0.1, -0.05) is 23.7 Å². The van der Waals surface area contributed by atoms with Crippen molar-refractivity contribution in [3.63, 3.8) is 0 Å². The van der Waals surface area contributed by atoms with Crippen molar-refractivity contribution in [2.24, 2.45) is 0 Å². The van der Waals surface area contributed by atoms with Crippen LogP contribution >= 0.6 is 11.6 Å². The van der Waals surface area contributed by atoms with Crippen LogP contribution in [0, 0.1) is 0 Å². The maximum Gasteiger partial charge on any atom is 0.487 e. The Labute approximate surface area is 119 Å². The summed E-state index contributed by atoms with van der Waals surface area (Å²) in [7, 11) is -0.390. The Morgan fingerprint density at radius 2 is 1.79 bits per heavy atom. The van der Waals surface area contributed by atoms with Gasteiger partial charge in [-0.25, -0.2) is 4.98 Å². The summed E-state index contributed by atoms with van der Waals surface area (Å²) in [5, 5.41) is 0.368. The van der Waals surface area contributed by atoms with E-state index in [2.05, 4.69) is 4.98 Å². The maximum atomic E-state index is 6.00. The average molecular weight is 281 g/mol. The first-order valence-corrected chi connectivity index (χ1v) is 6.55. The summed E-state index contributed by atoms with van der Waals surface area (Å²) in [5.74, 6) is 2.23. The average Bonchev–Trinajstić information content (AvgIpc) is 2.46.